The fraction of sp³-hybridized carbons (Fsp3) is 0.235. The van der Waals surface area contributed by atoms with Crippen LogP contribution < -0.4 is 34.0 Å². The first kappa shape index (κ1) is 30.9. The Labute approximate surface area is 267 Å². The van der Waals surface area contributed by atoms with Gasteiger partial charge in [0.15, 0.2) is 11.5 Å². The van der Waals surface area contributed by atoms with Crippen LogP contribution in [0, 0.1) is 0 Å². The van der Waals surface area contributed by atoms with Gasteiger partial charge in [0.2, 0.25) is 22.7 Å². The third kappa shape index (κ3) is 6.93. The van der Waals surface area contributed by atoms with Crippen LogP contribution in [0.15, 0.2) is 101 Å². The molecule has 46 heavy (non-hydrogen) atoms. The third-order valence-electron chi connectivity index (χ3n) is 7.75. The lowest BCUT2D eigenvalue weighted by Gasteiger charge is -2.24. The van der Waals surface area contributed by atoms with Gasteiger partial charge < -0.3 is 24.3 Å². The van der Waals surface area contributed by atoms with Gasteiger partial charge in [0.1, 0.15) is 11.5 Å². The first-order valence-corrected chi connectivity index (χ1v) is 16.3. The number of nitrogens with zero attached hydrogens (tertiary/aromatic N) is 2. The Hall–Kier alpha value is -5.07. The molecule has 0 aromatic heterocycles. The second kappa shape index (κ2) is 13.5. The summed E-state index contributed by atoms with van der Waals surface area (Å²) in [4.78, 5) is 13.0. The molecular weight excluding hydrogens is 608 g/mol. The predicted molar refractivity (Wildman–Crippen MR) is 174 cm³/mol. The largest absolute Gasteiger partial charge is 0.497 e. The number of hydrogen-bond acceptors (Lipinski definition) is 9. The topological polar surface area (TPSA) is 128 Å². The van der Waals surface area contributed by atoms with Crippen LogP contribution in [-0.2, 0) is 14.8 Å². The lowest BCUT2D eigenvalue weighted by molar-refractivity contribution is -0.116. The molecule has 0 saturated heterocycles. The highest BCUT2D eigenvalue weighted by atomic mass is 32.2. The summed E-state index contributed by atoms with van der Waals surface area (Å²) in [5.74, 6) is 2.51. The average Bonchev–Trinajstić information content (AvgIpc) is 3.74. The second-order valence-corrected chi connectivity index (χ2v) is 12.5. The molecule has 1 amide bonds. The van der Waals surface area contributed by atoms with Gasteiger partial charge in [0.25, 0.3) is 0 Å². The number of carbonyl (C=O) groups is 1. The number of amides is 1. The number of rotatable bonds is 12. The van der Waals surface area contributed by atoms with Gasteiger partial charge in [-0.15, -0.1) is 0 Å². The van der Waals surface area contributed by atoms with Gasteiger partial charge >= 0.3 is 0 Å². The van der Waals surface area contributed by atoms with Gasteiger partial charge in [-0.3, -0.25) is 9.80 Å². The van der Waals surface area contributed by atoms with E-state index < -0.39 is 10.0 Å². The van der Waals surface area contributed by atoms with E-state index in [1.54, 1.807) is 19.2 Å². The zero-order chi connectivity index (χ0) is 32.1. The minimum Gasteiger partial charge on any atom is -0.497 e. The summed E-state index contributed by atoms with van der Waals surface area (Å²) in [6.45, 7) is 0.324. The number of ether oxygens (including phenoxy) is 4. The Bertz CT molecular complexity index is 1840. The summed E-state index contributed by atoms with van der Waals surface area (Å²) in [6.07, 6.45) is 1.10. The lowest BCUT2D eigenvalue weighted by Crippen LogP contribution is -2.25. The molecule has 6 rings (SSSR count). The number of benzene rings is 4. The zero-order valence-electron chi connectivity index (χ0n) is 25.4. The zero-order valence-corrected chi connectivity index (χ0v) is 26.3. The number of methoxy groups -OCH3 is 2. The van der Waals surface area contributed by atoms with Crippen molar-refractivity contribution >= 4 is 33.0 Å². The Balaban J connectivity index is 1.12. The van der Waals surface area contributed by atoms with Crippen LogP contribution >= 0.6 is 0 Å². The normalized spacial score (nSPS) is 15.4. The lowest BCUT2D eigenvalue weighted by atomic mass is 9.97. The molecular formula is C34H34N4O7S. The quantitative estimate of drug-likeness (QED) is 0.194. The molecule has 1 unspecified atom stereocenters. The van der Waals surface area contributed by atoms with Crippen LogP contribution in [0.4, 0.5) is 11.4 Å². The Morgan fingerprint density at radius 3 is 2.37 bits per heavy atom. The van der Waals surface area contributed by atoms with Crippen molar-refractivity contribution in [2.24, 2.45) is 5.10 Å². The molecule has 11 nitrogen and oxygen atoms in total. The van der Waals surface area contributed by atoms with Crippen LogP contribution in [0.25, 0.3) is 0 Å². The Morgan fingerprint density at radius 2 is 1.63 bits per heavy atom. The van der Waals surface area contributed by atoms with Gasteiger partial charge in [0, 0.05) is 30.6 Å². The maximum atomic E-state index is 12.8. The van der Waals surface area contributed by atoms with Gasteiger partial charge in [-0.1, -0.05) is 12.1 Å². The van der Waals surface area contributed by atoms with Gasteiger partial charge in [-0.25, -0.2) is 13.1 Å². The van der Waals surface area contributed by atoms with E-state index in [0.717, 1.165) is 28.3 Å². The summed E-state index contributed by atoms with van der Waals surface area (Å²) in [6, 6.07) is 27.2. The highest BCUT2D eigenvalue weighted by Crippen LogP contribution is 2.40. The van der Waals surface area contributed by atoms with Gasteiger partial charge in [0.05, 0.1) is 36.6 Å². The number of fused-ring (bicyclic) bond motifs is 1. The summed E-state index contributed by atoms with van der Waals surface area (Å²) < 4.78 is 49.2. The van der Waals surface area contributed by atoms with Crippen LogP contribution in [0.3, 0.4) is 0 Å². The van der Waals surface area contributed by atoms with Crippen molar-refractivity contribution in [1.82, 2.24) is 4.72 Å². The number of carbonyl (C=O) groups excluding carboxylic acids is 1. The highest BCUT2D eigenvalue weighted by Gasteiger charge is 2.31. The Kier molecular flexibility index (Phi) is 9.08. The molecule has 4 aromatic carbocycles. The Morgan fingerprint density at radius 1 is 0.913 bits per heavy atom. The van der Waals surface area contributed by atoms with Crippen LogP contribution in [0.1, 0.15) is 36.4 Å². The van der Waals surface area contributed by atoms with Crippen molar-refractivity contribution < 1.29 is 32.2 Å². The van der Waals surface area contributed by atoms with Crippen molar-refractivity contribution in [3.8, 4) is 23.0 Å². The van der Waals surface area contributed by atoms with Crippen molar-refractivity contribution in [2.45, 2.75) is 30.2 Å². The van der Waals surface area contributed by atoms with Crippen LogP contribution in [0.2, 0.25) is 0 Å². The van der Waals surface area contributed by atoms with E-state index in [-0.39, 0.29) is 36.6 Å². The molecule has 0 aliphatic carbocycles. The van der Waals surface area contributed by atoms with Crippen molar-refractivity contribution in [1.29, 1.82) is 0 Å². The van der Waals surface area contributed by atoms with Gasteiger partial charge in [-0.2, -0.15) is 5.10 Å². The first-order valence-electron chi connectivity index (χ1n) is 14.8. The molecule has 2 N–H and O–H groups in total. The predicted octanol–water partition coefficient (Wildman–Crippen LogP) is 5.49. The molecule has 1 atom stereocenters. The fourth-order valence-electron chi connectivity index (χ4n) is 5.33. The third-order valence-corrected chi connectivity index (χ3v) is 9.23. The monoisotopic (exact) mass is 642 g/mol. The summed E-state index contributed by atoms with van der Waals surface area (Å²) >= 11 is 0. The molecule has 12 heteroatoms. The standard InChI is InChI=1S/C34H34N4O7S/c1-42-27-11-9-26(10-12-27)38-31(21-30(37-38)23-8-17-32-33(20-23)45-22-44-32)24-5-3-6-25(19-24)36-34(39)7-4-18-35-46(40,41)29-15-13-28(43-2)14-16-29/h3,5-6,8-17,19-20,31,35H,4,7,18,21-22H2,1-2H3,(H,36,39). The molecule has 2 heterocycles. The van der Waals surface area contributed by atoms with E-state index >= 15 is 0 Å². The molecule has 0 fully saturated rings. The van der Waals surface area contributed by atoms with E-state index in [1.807, 2.05) is 71.7 Å². The summed E-state index contributed by atoms with van der Waals surface area (Å²) in [5, 5.41) is 9.96. The van der Waals surface area contributed by atoms with Crippen molar-refractivity contribution in [3.63, 3.8) is 0 Å². The molecule has 2 aliphatic rings. The maximum absolute atomic E-state index is 12.8. The number of sulfonamides is 1. The molecule has 0 spiro atoms. The molecule has 0 radical (unpaired) electrons. The minimum absolute atomic E-state index is 0.126. The summed E-state index contributed by atoms with van der Waals surface area (Å²) in [7, 11) is -0.545. The minimum atomic E-state index is -3.69. The van der Waals surface area contributed by atoms with Crippen LogP contribution in [0.5, 0.6) is 23.0 Å². The molecule has 0 saturated carbocycles. The van der Waals surface area contributed by atoms with E-state index in [1.165, 1.54) is 19.2 Å². The molecule has 238 valence electrons. The number of nitrogens with one attached hydrogen (secondary N) is 2. The highest BCUT2D eigenvalue weighted by molar-refractivity contribution is 7.89. The van der Waals surface area contributed by atoms with E-state index in [4.69, 9.17) is 24.0 Å². The number of hydrazone groups is 1. The van der Waals surface area contributed by atoms with Gasteiger partial charge in [-0.05, 0) is 90.8 Å². The first-order chi connectivity index (χ1) is 22.3. The molecule has 0 bridgehead atoms. The number of hydrogen-bond donors (Lipinski definition) is 2. The van der Waals surface area contributed by atoms with E-state index in [2.05, 4.69) is 10.0 Å². The molecule has 2 aliphatic heterocycles. The smallest absolute Gasteiger partial charge is 0.240 e. The maximum Gasteiger partial charge on any atom is 0.240 e. The molecule has 4 aromatic rings. The second-order valence-electron chi connectivity index (χ2n) is 10.7. The SMILES string of the molecule is COc1ccc(N2N=C(c3ccc4c(c3)OCO4)CC2c2cccc(NC(=O)CCCNS(=O)(=O)c3ccc(OC)cc3)c2)cc1. The van der Waals surface area contributed by atoms with Crippen molar-refractivity contribution in [2.75, 3.05) is 37.9 Å². The summed E-state index contributed by atoms with van der Waals surface area (Å²) in [5.41, 5.74) is 4.35. The van der Waals surface area contributed by atoms with Crippen LogP contribution in [-0.4, -0.2) is 47.6 Å². The average molecular weight is 643 g/mol. The van der Waals surface area contributed by atoms with Crippen molar-refractivity contribution in [3.05, 3.63) is 102 Å². The van der Waals surface area contributed by atoms with E-state index in [0.29, 0.717) is 35.8 Å². The number of anilines is 2. The van der Waals surface area contributed by atoms with E-state index in [9.17, 15) is 13.2 Å². The fourth-order valence-corrected chi connectivity index (χ4v) is 6.41.